The van der Waals surface area contributed by atoms with Gasteiger partial charge in [0.05, 0.1) is 35.5 Å². The van der Waals surface area contributed by atoms with E-state index in [1.807, 2.05) is 26.8 Å². The van der Waals surface area contributed by atoms with Crippen molar-refractivity contribution < 1.29 is 13.6 Å². The van der Waals surface area contributed by atoms with Crippen LogP contribution in [0.1, 0.15) is 22.3 Å². The molecule has 3 heterocycles. The van der Waals surface area contributed by atoms with Crippen LogP contribution < -0.4 is 10.9 Å². The molecule has 0 saturated heterocycles. The predicted molar refractivity (Wildman–Crippen MR) is 103 cm³/mol. The average Bonchev–Trinajstić information content (AvgIpc) is 3.01. The van der Waals surface area contributed by atoms with E-state index in [4.69, 9.17) is 8.83 Å². The third-order valence-electron chi connectivity index (χ3n) is 4.75. The Kier molecular flexibility index (Phi) is 4.03. The van der Waals surface area contributed by atoms with Crippen molar-refractivity contribution in [1.82, 2.24) is 4.98 Å². The molecule has 27 heavy (non-hydrogen) atoms. The van der Waals surface area contributed by atoms with Gasteiger partial charge in [0.15, 0.2) is 0 Å². The Morgan fingerprint density at radius 2 is 2.00 bits per heavy atom. The molecule has 4 rings (SSSR count). The molecular formula is C21H18N2O4. The standard InChI is InChI=1S/C21H18N2O4/c1-11-7-16-19(20-18(11)12(2)10-26-20)13(3)15(21(25)27-16)8-17(24)23-14-5-4-6-22-9-14/h4-7,9-10H,8H2,1-3H3,(H,23,24). The monoisotopic (exact) mass is 362 g/mol. The van der Waals surface area contributed by atoms with Gasteiger partial charge in [-0.1, -0.05) is 0 Å². The third-order valence-corrected chi connectivity index (χ3v) is 4.75. The maximum absolute atomic E-state index is 12.5. The van der Waals surface area contributed by atoms with Gasteiger partial charge in [0.25, 0.3) is 0 Å². The topological polar surface area (TPSA) is 85.3 Å². The van der Waals surface area contributed by atoms with Crippen molar-refractivity contribution in [2.75, 3.05) is 5.32 Å². The van der Waals surface area contributed by atoms with Crippen LogP contribution in [0.25, 0.3) is 21.9 Å². The number of rotatable bonds is 3. The van der Waals surface area contributed by atoms with Gasteiger partial charge >= 0.3 is 5.63 Å². The molecule has 136 valence electrons. The second kappa shape index (κ2) is 6.39. The molecule has 6 nitrogen and oxygen atoms in total. The van der Waals surface area contributed by atoms with Crippen molar-refractivity contribution in [3.63, 3.8) is 0 Å². The van der Waals surface area contributed by atoms with Crippen LogP contribution in [0.5, 0.6) is 0 Å². The van der Waals surface area contributed by atoms with Crippen molar-refractivity contribution in [3.8, 4) is 0 Å². The minimum Gasteiger partial charge on any atom is -0.463 e. The second-order valence-corrected chi connectivity index (χ2v) is 6.65. The number of fused-ring (bicyclic) bond motifs is 3. The molecule has 0 aliphatic carbocycles. The fourth-order valence-corrected chi connectivity index (χ4v) is 3.48. The Labute approximate surface area is 154 Å². The van der Waals surface area contributed by atoms with Gasteiger partial charge in [-0.05, 0) is 55.7 Å². The number of aromatic nitrogens is 1. The first-order chi connectivity index (χ1) is 13.0. The quantitative estimate of drug-likeness (QED) is 0.556. The number of carbonyl (C=O) groups excluding carboxylic acids is 1. The summed E-state index contributed by atoms with van der Waals surface area (Å²) in [5.74, 6) is -0.309. The van der Waals surface area contributed by atoms with Crippen LogP contribution in [-0.4, -0.2) is 10.9 Å². The molecule has 1 amide bonds. The number of amides is 1. The van der Waals surface area contributed by atoms with E-state index in [0.717, 1.165) is 21.9 Å². The number of anilines is 1. The van der Waals surface area contributed by atoms with Crippen molar-refractivity contribution in [2.24, 2.45) is 0 Å². The van der Waals surface area contributed by atoms with E-state index in [0.29, 0.717) is 28.0 Å². The minimum absolute atomic E-state index is 0.0892. The van der Waals surface area contributed by atoms with E-state index in [-0.39, 0.29) is 12.3 Å². The maximum Gasteiger partial charge on any atom is 0.340 e. The van der Waals surface area contributed by atoms with Crippen molar-refractivity contribution >= 4 is 33.5 Å². The highest BCUT2D eigenvalue weighted by Crippen LogP contribution is 2.34. The molecule has 0 unspecified atom stereocenters. The van der Waals surface area contributed by atoms with Crippen molar-refractivity contribution in [3.05, 3.63) is 69.5 Å². The van der Waals surface area contributed by atoms with Gasteiger partial charge in [0.1, 0.15) is 11.2 Å². The van der Waals surface area contributed by atoms with Gasteiger partial charge in [0, 0.05) is 11.6 Å². The van der Waals surface area contributed by atoms with Gasteiger partial charge in [-0.15, -0.1) is 0 Å². The summed E-state index contributed by atoms with van der Waals surface area (Å²) in [7, 11) is 0. The van der Waals surface area contributed by atoms with E-state index >= 15 is 0 Å². The van der Waals surface area contributed by atoms with E-state index in [1.165, 1.54) is 0 Å². The molecule has 4 aromatic rings. The number of nitrogens with one attached hydrogen (secondary N) is 1. The van der Waals surface area contributed by atoms with E-state index in [1.54, 1.807) is 30.8 Å². The van der Waals surface area contributed by atoms with E-state index in [2.05, 4.69) is 10.3 Å². The van der Waals surface area contributed by atoms with Gasteiger partial charge in [-0.3, -0.25) is 9.78 Å². The summed E-state index contributed by atoms with van der Waals surface area (Å²) < 4.78 is 11.3. The molecule has 1 aromatic carbocycles. The number of aryl methyl sites for hydroxylation is 3. The Morgan fingerprint density at radius 3 is 2.74 bits per heavy atom. The van der Waals surface area contributed by atoms with Gasteiger partial charge in [0.2, 0.25) is 5.91 Å². The molecule has 0 fully saturated rings. The Bertz CT molecular complexity index is 1240. The Hall–Kier alpha value is -3.41. The van der Waals surface area contributed by atoms with Gasteiger partial charge in [-0.25, -0.2) is 4.79 Å². The smallest absolute Gasteiger partial charge is 0.340 e. The average molecular weight is 362 g/mol. The van der Waals surface area contributed by atoms with Crippen LogP contribution in [0.4, 0.5) is 5.69 Å². The summed E-state index contributed by atoms with van der Waals surface area (Å²) >= 11 is 0. The van der Waals surface area contributed by atoms with Crippen LogP contribution in [0.15, 0.2) is 50.5 Å². The molecule has 0 bridgehead atoms. The zero-order valence-corrected chi connectivity index (χ0v) is 15.3. The van der Waals surface area contributed by atoms with Gasteiger partial charge in [-0.2, -0.15) is 0 Å². The first-order valence-electron chi connectivity index (χ1n) is 8.59. The number of nitrogens with zero attached hydrogens (tertiary/aromatic N) is 1. The highest BCUT2D eigenvalue weighted by molar-refractivity contribution is 6.07. The molecule has 0 aliphatic heterocycles. The summed E-state index contributed by atoms with van der Waals surface area (Å²) in [6.45, 7) is 5.74. The molecule has 6 heteroatoms. The van der Waals surface area contributed by atoms with Crippen molar-refractivity contribution in [1.29, 1.82) is 0 Å². The van der Waals surface area contributed by atoms with E-state index in [9.17, 15) is 9.59 Å². The number of pyridine rings is 1. The highest BCUT2D eigenvalue weighted by Gasteiger charge is 2.20. The predicted octanol–water partition coefficient (Wildman–Crippen LogP) is 4.04. The lowest BCUT2D eigenvalue weighted by Crippen LogP contribution is -2.20. The number of hydrogen-bond donors (Lipinski definition) is 1. The summed E-state index contributed by atoms with van der Waals surface area (Å²) in [4.78, 5) is 28.9. The van der Waals surface area contributed by atoms with Crippen LogP contribution >= 0.6 is 0 Å². The maximum atomic E-state index is 12.5. The first kappa shape index (κ1) is 17.0. The van der Waals surface area contributed by atoms with Crippen molar-refractivity contribution in [2.45, 2.75) is 27.2 Å². The molecule has 0 saturated carbocycles. The number of furan rings is 1. The molecule has 0 spiro atoms. The molecular weight excluding hydrogens is 344 g/mol. The van der Waals surface area contributed by atoms with Gasteiger partial charge < -0.3 is 14.2 Å². The summed E-state index contributed by atoms with van der Waals surface area (Å²) in [6, 6.07) is 5.30. The molecule has 0 aliphatic rings. The Balaban J connectivity index is 1.81. The lowest BCUT2D eigenvalue weighted by atomic mass is 9.99. The van der Waals surface area contributed by atoms with Crippen LogP contribution in [0, 0.1) is 20.8 Å². The fourth-order valence-electron chi connectivity index (χ4n) is 3.48. The Morgan fingerprint density at radius 1 is 1.19 bits per heavy atom. The highest BCUT2D eigenvalue weighted by atomic mass is 16.4. The first-order valence-corrected chi connectivity index (χ1v) is 8.59. The normalized spacial score (nSPS) is 11.2. The SMILES string of the molecule is Cc1coc2c1c(C)cc1oc(=O)c(CC(=O)Nc3cccnc3)c(C)c12. The number of carbonyl (C=O) groups is 1. The molecule has 0 atom stereocenters. The van der Waals surface area contributed by atoms with Crippen LogP contribution in [-0.2, 0) is 11.2 Å². The summed E-state index contributed by atoms with van der Waals surface area (Å²) in [5, 5.41) is 4.47. The zero-order chi connectivity index (χ0) is 19.1. The number of hydrogen-bond acceptors (Lipinski definition) is 5. The van der Waals surface area contributed by atoms with Crippen LogP contribution in [0.3, 0.4) is 0 Å². The lowest BCUT2D eigenvalue weighted by molar-refractivity contribution is -0.115. The summed E-state index contributed by atoms with van der Waals surface area (Å²) in [5.41, 5.74) is 4.23. The second-order valence-electron chi connectivity index (χ2n) is 6.65. The minimum atomic E-state index is -0.511. The van der Waals surface area contributed by atoms with E-state index < -0.39 is 5.63 Å². The number of benzene rings is 1. The summed E-state index contributed by atoms with van der Waals surface area (Å²) in [6.07, 6.45) is 4.77. The van der Waals surface area contributed by atoms with Crippen LogP contribution in [0.2, 0.25) is 0 Å². The molecule has 1 N–H and O–H groups in total. The zero-order valence-electron chi connectivity index (χ0n) is 15.3. The molecule has 0 radical (unpaired) electrons. The molecule has 3 aromatic heterocycles. The third kappa shape index (κ3) is 2.89. The largest absolute Gasteiger partial charge is 0.463 e. The lowest BCUT2D eigenvalue weighted by Gasteiger charge is -2.10. The fraction of sp³-hybridized carbons (Fsp3) is 0.190.